The summed E-state index contributed by atoms with van der Waals surface area (Å²) in [6, 6.07) is 0. The summed E-state index contributed by atoms with van der Waals surface area (Å²) < 4.78 is -1.31. The van der Waals surface area contributed by atoms with Gasteiger partial charge in [0.1, 0.15) is 0 Å². The van der Waals surface area contributed by atoms with Crippen LogP contribution in [0.25, 0.3) is 0 Å². The van der Waals surface area contributed by atoms with Crippen LogP contribution in [0.1, 0.15) is 40.5 Å². The average Bonchev–Trinajstić information content (AvgIpc) is 2.09. The second-order valence-electron chi connectivity index (χ2n) is 5.90. The maximum atomic E-state index is 10.3. The summed E-state index contributed by atoms with van der Waals surface area (Å²) in [4.78, 5) is 20.6. The van der Waals surface area contributed by atoms with Gasteiger partial charge in [0.05, 0.1) is 0 Å². The number of hydrogen-bond acceptors (Lipinski definition) is 2. The Labute approximate surface area is 160 Å². The van der Waals surface area contributed by atoms with Gasteiger partial charge in [0, 0.05) is 0 Å². The third kappa shape index (κ3) is 10.6. The molecule has 0 aromatic carbocycles. The topological polar surface area (TPSA) is 74.6 Å². The van der Waals surface area contributed by atoms with Crippen molar-refractivity contribution in [1.29, 1.82) is 0 Å². The van der Waals surface area contributed by atoms with Crippen LogP contribution in [-0.4, -0.2) is 43.1 Å². The van der Waals surface area contributed by atoms with E-state index >= 15 is 0 Å². The van der Waals surface area contributed by atoms with Gasteiger partial charge in [-0.15, -0.1) is 0 Å². The number of halogens is 6. The molecule has 0 aliphatic carbocycles. The summed E-state index contributed by atoms with van der Waals surface area (Å²) in [5.41, 5.74) is 0. The third-order valence-corrected chi connectivity index (χ3v) is 25.9. The fraction of sp³-hybridized carbons (Fsp3) is 0.800. The van der Waals surface area contributed by atoms with Gasteiger partial charge in [-0.05, 0) is 0 Å². The molecule has 0 fully saturated rings. The summed E-state index contributed by atoms with van der Waals surface area (Å²) in [6.45, 7) is 6.70. The monoisotopic (exact) mass is 560 g/mol. The molecular formula is C10H18Cl6Ge2O4. The second kappa shape index (κ2) is 9.46. The minimum absolute atomic E-state index is 0.0799. The van der Waals surface area contributed by atoms with Crippen LogP contribution >= 0.6 is 60.1 Å². The first kappa shape index (κ1) is 26.0. The zero-order valence-corrected chi connectivity index (χ0v) is 21.1. The number of aliphatic carboxylic acids is 2. The van der Waals surface area contributed by atoms with Crippen LogP contribution in [0.3, 0.4) is 0 Å². The Morgan fingerprint density at radius 3 is 0.955 bits per heavy atom. The average molecular weight is 560 g/mol. The van der Waals surface area contributed by atoms with Crippen molar-refractivity contribution >= 4 is 93.0 Å². The van der Waals surface area contributed by atoms with Gasteiger partial charge in [0.2, 0.25) is 0 Å². The van der Waals surface area contributed by atoms with Crippen LogP contribution in [0.5, 0.6) is 0 Å². The molecule has 0 aromatic heterocycles. The van der Waals surface area contributed by atoms with E-state index in [0.717, 1.165) is 0 Å². The quantitative estimate of drug-likeness (QED) is 0.404. The van der Waals surface area contributed by atoms with Crippen LogP contribution in [-0.2, 0) is 9.59 Å². The molecule has 0 rings (SSSR count). The first-order valence-corrected chi connectivity index (χ1v) is 24.5. The van der Waals surface area contributed by atoms with E-state index in [0.29, 0.717) is 0 Å². The van der Waals surface area contributed by atoms with Crippen molar-refractivity contribution in [2.24, 2.45) is 0 Å². The van der Waals surface area contributed by atoms with Crippen molar-refractivity contribution in [2.75, 3.05) is 0 Å². The molecule has 4 nitrogen and oxygen atoms in total. The molecule has 0 saturated carbocycles. The minimum atomic E-state index is -3.39. The fourth-order valence-electron chi connectivity index (χ4n) is 0.957. The molecule has 0 aliphatic rings. The standard InChI is InChI=1S/2C5H9Cl3GeO2/c2*1-5(2,3-4(10)11)9(6,7)8/h2*3H2,1-2H3,(H,10,11). The zero-order chi connectivity index (χ0) is 18.6. The summed E-state index contributed by atoms with van der Waals surface area (Å²) in [6.07, 6.45) is -0.160. The first-order valence-electron chi connectivity index (χ1n) is 5.90. The fourth-order valence-corrected chi connectivity index (χ4v) is 4.52. The Morgan fingerprint density at radius 2 is 0.909 bits per heavy atom. The van der Waals surface area contributed by atoms with E-state index < -0.39 is 41.4 Å². The number of carboxylic acid groups (broad SMARTS) is 2. The Kier molecular flexibility index (Phi) is 11.2. The first-order chi connectivity index (χ1) is 9.33. The molecule has 0 spiro atoms. The molecule has 0 atom stereocenters. The molecular weight excluding hydrogens is 542 g/mol. The van der Waals surface area contributed by atoms with E-state index in [1.165, 1.54) is 0 Å². The van der Waals surface area contributed by atoms with Gasteiger partial charge in [-0.1, -0.05) is 0 Å². The predicted octanol–water partition coefficient (Wildman–Crippen LogP) is 5.79. The second-order valence-corrected chi connectivity index (χ2v) is 39.5. The van der Waals surface area contributed by atoms with Crippen LogP contribution in [0.4, 0.5) is 0 Å². The van der Waals surface area contributed by atoms with Crippen molar-refractivity contribution in [3.05, 3.63) is 0 Å². The van der Waals surface area contributed by atoms with Gasteiger partial charge in [-0.3, -0.25) is 0 Å². The molecule has 0 aliphatic heterocycles. The van der Waals surface area contributed by atoms with Crippen LogP contribution in [0, 0.1) is 0 Å². The number of rotatable bonds is 6. The van der Waals surface area contributed by atoms with Crippen molar-refractivity contribution in [2.45, 2.75) is 49.0 Å². The molecule has 12 heteroatoms. The normalized spacial score (nSPS) is 13.2. The number of carboxylic acids is 2. The molecule has 0 saturated heterocycles. The summed E-state index contributed by atoms with van der Waals surface area (Å²) in [5.74, 6) is -1.85. The summed E-state index contributed by atoms with van der Waals surface area (Å²) >= 11 is 0. The number of hydrogen-bond donors (Lipinski definition) is 2. The van der Waals surface area contributed by atoms with E-state index in [-0.39, 0.29) is 12.8 Å². The number of carbonyl (C=O) groups is 2. The van der Waals surface area contributed by atoms with Crippen LogP contribution in [0.15, 0.2) is 0 Å². The van der Waals surface area contributed by atoms with Gasteiger partial charge in [0.25, 0.3) is 0 Å². The Balaban J connectivity index is 0. The molecule has 132 valence electrons. The third-order valence-electron chi connectivity index (χ3n) is 2.72. The SMILES string of the molecule is C[C](C)(CC(=O)O)[Ge]([Cl])([Cl])[Cl].C[C](C)(CC(=O)O)[Ge]([Cl])([Cl])[Cl]. The summed E-state index contributed by atoms with van der Waals surface area (Å²) in [5, 5.41) is 16.9. The van der Waals surface area contributed by atoms with E-state index in [1.807, 2.05) is 0 Å². The van der Waals surface area contributed by atoms with Gasteiger partial charge in [-0.2, -0.15) is 0 Å². The molecule has 2 N–H and O–H groups in total. The van der Waals surface area contributed by atoms with Gasteiger partial charge in [-0.25, -0.2) is 0 Å². The Morgan fingerprint density at radius 1 is 0.727 bits per heavy atom. The zero-order valence-electron chi connectivity index (χ0n) is 12.4. The summed E-state index contributed by atoms with van der Waals surface area (Å²) in [7, 11) is 27.6. The van der Waals surface area contributed by atoms with Crippen molar-refractivity contribution in [3.63, 3.8) is 0 Å². The van der Waals surface area contributed by atoms with Crippen LogP contribution in [0.2, 0.25) is 8.49 Å². The molecule has 0 bridgehead atoms. The van der Waals surface area contributed by atoms with Crippen LogP contribution < -0.4 is 0 Å². The molecule has 0 aromatic rings. The van der Waals surface area contributed by atoms with E-state index in [1.54, 1.807) is 27.7 Å². The Bertz CT molecular complexity index is 365. The van der Waals surface area contributed by atoms with Crippen molar-refractivity contribution in [3.8, 4) is 0 Å². The van der Waals surface area contributed by atoms with Crippen molar-refractivity contribution < 1.29 is 19.8 Å². The predicted molar refractivity (Wildman–Crippen MR) is 99.2 cm³/mol. The van der Waals surface area contributed by atoms with E-state index in [9.17, 15) is 9.59 Å². The van der Waals surface area contributed by atoms with Gasteiger partial charge in [0.15, 0.2) is 0 Å². The molecule has 0 amide bonds. The molecule has 0 unspecified atom stereocenters. The van der Waals surface area contributed by atoms with Gasteiger partial charge < -0.3 is 0 Å². The van der Waals surface area contributed by atoms with Crippen molar-refractivity contribution in [1.82, 2.24) is 0 Å². The van der Waals surface area contributed by atoms with E-state index in [4.69, 9.17) is 70.3 Å². The Hall–Kier alpha value is 1.77. The molecule has 0 radical (unpaired) electrons. The van der Waals surface area contributed by atoms with E-state index in [2.05, 4.69) is 0 Å². The maximum absolute atomic E-state index is 10.3. The molecule has 22 heavy (non-hydrogen) atoms. The van der Waals surface area contributed by atoms with Gasteiger partial charge >= 0.3 is 162 Å². The molecule has 0 heterocycles.